The first-order chi connectivity index (χ1) is 5.33. The van der Waals surface area contributed by atoms with Crippen LogP contribution in [0.4, 0.5) is 0 Å². The van der Waals surface area contributed by atoms with E-state index in [-0.39, 0.29) is 0 Å². The van der Waals surface area contributed by atoms with E-state index in [4.69, 9.17) is 11.2 Å². The van der Waals surface area contributed by atoms with Gasteiger partial charge in [-0.1, -0.05) is 0 Å². The molecular formula is C10H14O. The largest absolute Gasteiger partial charge is 0.498 e. The summed E-state index contributed by atoms with van der Waals surface area (Å²) in [6.07, 6.45) is 10.6. The second-order valence-electron chi connectivity index (χ2n) is 2.92. The molecule has 11 heavy (non-hydrogen) atoms. The van der Waals surface area contributed by atoms with Crippen LogP contribution in [0.5, 0.6) is 0 Å². The second-order valence-corrected chi connectivity index (χ2v) is 2.92. The van der Waals surface area contributed by atoms with Crippen LogP contribution in [-0.2, 0) is 4.74 Å². The zero-order valence-electron chi connectivity index (χ0n) is 6.97. The molecule has 1 fully saturated rings. The minimum absolute atomic E-state index is 0.658. The van der Waals surface area contributed by atoms with Crippen LogP contribution < -0.4 is 0 Å². The van der Waals surface area contributed by atoms with Gasteiger partial charge in [-0.3, -0.25) is 0 Å². The molecule has 0 heterocycles. The van der Waals surface area contributed by atoms with Crippen molar-refractivity contribution in [2.45, 2.75) is 26.2 Å². The molecule has 1 aliphatic rings. The molecule has 60 valence electrons. The monoisotopic (exact) mass is 150 g/mol. The molecule has 1 aliphatic carbocycles. The van der Waals surface area contributed by atoms with E-state index in [1.807, 2.05) is 6.92 Å². The Balaban J connectivity index is 2.09. The summed E-state index contributed by atoms with van der Waals surface area (Å²) in [6.45, 7) is 2.65. The van der Waals surface area contributed by atoms with E-state index in [0.717, 1.165) is 11.7 Å². The highest BCUT2D eigenvalue weighted by Crippen LogP contribution is 2.31. The van der Waals surface area contributed by atoms with Gasteiger partial charge in [0.25, 0.3) is 0 Å². The number of allylic oxidation sites excluding steroid dienone is 2. The molecule has 1 heteroatoms. The van der Waals surface area contributed by atoms with Crippen molar-refractivity contribution >= 4 is 0 Å². The maximum atomic E-state index is 5.35. The molecule has 0 aromatic rings. The zero-order chi connectivity index (χ0) is 8.10. The fourth-order valence-corrected chi connectivity index (χ4v) is 0.914. The van der Waals surface area contributed by atoms with Crippen molar-refractivity contribution in [2.75, 3.05) is 6.61 Å². The Morgan fingerprint density at radius 2 is 2.45 bits per heavy atom. The topological polar surface area (TPSA) is 9.23 Å². The molecule has 0 aromatic heterocycles. The maximum Gasteiger partial charge on any atom is 0.0986 e. The Morgan fingerprint density at radius 1 is 1.73 bits per heavy atom. The van der Waals surface area contributed by atoms with Crippen molar-refractivity contribution in [3.8, 4) is 12.3 Å². The predicted molar refractivity (Wildman–Crippen MR) is 45.9 cm³/mol. The van der Waals surface area contributed by atoms with Crippen molar-refractivity contribution < 1.29 is 4.74 Å². The quantitative estimate of drug-likeness (QED) is 0.339. The van der Waals surface area contributed by atoms with E-state index in [1.165, 1.54) is 12.8 Å². The third-order valence-corrected chi connectivity index (χ3v) is 1.67. The van der Waals surface area contributed by atoms with Gasteiger partial charge >= 0.3 is 0 Å². The summed E-state index contributed by atoms with van der Waals surface area (Å²) in [5.74, 6) is 4.36. The van der Waals surface area contributed by atoms with Crippen LogP contribution in [0.15, 0.2) is 11.8 Å². The minimum atomic E-state index is 0.658. The van der Waals surface area contributed by atoms with Crippen LogP contribution in [-0.4, -0.2) is 6.61 Å². The maximum absolute atomic E-state index is 5.35. The first-order valence-electron chi connectivity index (χ1n) is 4.07. The molecule has 1 rings (SSSR count). The average Bonchev–Trinajstić information content (AvgIpc) is 2.72. The smallest absolute Gasteiger partial charge is 0.0986 e. The summed E-state index contributed by atoms with van der Waals surface area (Å²) < 4.78 is 5.35. The highest BCUT2D eigenvalue weighted by atomic mass is 16.5. The van der Waals surface area contributed by atoms with E-state index < -0.39 is 0 Å². The normalized spacial score (nSPS) is 17.6. The molecule has 0 atom stereocenters. The molecule has 0 N–H and O–H groups in total. The van der Waals surface area contributed by atoms with E-state index in [1.54, 1.807) is 0 Å². The highest BCUT2D eigenvalue weighted by Gasteiger charge is 2.18. The van der Waals surface area contributed by atoms with Crippen LogP contribution >= 0.6 is 0 Å². The van der Waals surface area contributed by atoms with E-state index in [9.17, 15) is 0 Å². The fourth-order valence-electron chi connectivity index (χ4n) is 0.914. The number of hydrogen-bond donors (Lipinski definition) is 0. The van der Waals surface area contributed by atoms with Gasteiger partial charge in [0.2, 0.25) is 0 Å². The molecule has 0 aromatic carbocycles. The standard InChI is InChI=1S/C10H14O/c1-3-4-7-11-9(2)8-10-5-6-10/h1,8,10H,4-7H2,2H3/b9-8-. The number of rotatable bonds is 4. The van der Waals surface area contributed by atoms with Crippen molar-refractivity contribution in [3.63, 3.8) is 0 Å². The summed E-state index contributed by atoms with van der Waals surface area (Å²) >= 11 is 0. The van der Waals surface area contributed by atoms with Crippen molar-refractivity contribution in [3.05, 3.63) is 11.8 Å². The van der Waals surface area contributed by atoms with Gasteiger partial charge in [-0.15, -0.1) is 12.3 Å². The minimum Gasteiger partial charge on any atom is -0.498 e. The van der Waals surface area contributed by atoms with E-state index in [0.29, 0.717) is 13.0 Å². The molecule has 0 radical (unpaired) electrons. The third kappa shape index (κ3) is 3.72. The molecule has 1 nitrogen and oxygen atoms in total. The molecule has 0 amide bonds. The molecule has 0 saturated heterocycles. The Kier molecular flexibility index (Phi) is 3.04. The third-order valence-electron chi connectivity index (χ3n) is 1.67. The lowest BCUT2D eigenvalue weighted by atomic mass is 10.3. The van der Waals surface area contributed by atoms with E-state index in [2.05, 4.69) is 12.0 Å². The second kappa shape index (κ2) is 4.08. The predicted octanol–water partition coefficient (Wildman–Crippen LogP) is 2.34. The lowest BCUT2D eigenvalue weighted by molar-refractivity contribution is 0.220. The fraction of sp³-hybridized carbons (Fsp3) is 0.600. The summed E-state index contributed by atoms with van der Waals surface area (Å²) in [6, 6.07) is 0. The van der Waals surface area contributed by atoms with Gasteiger partial charge in [-0.2, -0.15) is 0 Å². The van der Waals surface area contributed by atoms with Crippen molar-refractivity contribution in [1.29, 1.82) is 0 Å². The van der Waals surface area contributed by atoms with Gasteiger partial charge in [0.15, 0.2) is 0 Å². The van der Waals surface area contributed by atoms with Crippen LogP contribution in [0.3, 0.4) is 0 Å². The molecule has 0 bridgehead atoms. The van der Waals surface area contributed by atoms with Crippen molar-refractivity contribution in [1.82, 2.24) is 0 Å². The Labute approximate surface area is 68.4 Å². The number of hydrogen-bond acceptors (Lipinski definition) is 1. The summed E-state index contributed by atoms with van der Waals surface area (Å²) in [7, 11) is 0. The van der Waals surface area contributed by atoms with Gasteiger partial charge in [-0.25, -0.2) is 0 Å². The summed E-state index contributed by atoms with van der Waals surface area (Å²) in [5, 5.41) is 0. The van der Waals surface area contributed by atoms with E-state index >= 15 is 0 Å². The molecule has 0 aliphatic heterocycles. The number of ether oxygens (including phenoxy) is 1. The molecule has 0 unspecified atom stereocenters. The van der Waals surface area contributed by atoms with Crippen LogP contribution in [0, 0.1) is 18.3 Å². The van der Waals surface area contributed by atoms with Crippen molar-refractivity contribution in [2.24, 2.45) is 5.92 Å². The summed E-state index contributed by atoms with van der Waals surface area (Å²) in [4.78, 5) is 0. The van der Waals surface area contributed by atoms with Crippen LogP contribution in [0.25, 0.3) is 0 Å². The lowest BCUT2D eigenvalue weighted by Crippen LogP contribution is -1.90. The molecular weight excluding hydrogens is 136 g/mol. The average molecular weight is 150 g/mol. The van der Waals surface area contributed by atoms with Gasteiger partial charge < -0.3 is 4.74 Å². The lowest BCUT2D eigenvalue weighted by Gasteiger charge is -2.02. The SMILES string of the molecule is C#CCCO/C(C)=C\C1CC1. The number of terminal acetylenes is 1. The Bertz CT molecular complexity index is 182. The summed E-state index contributed by atoms with van der Waals surface area (Å²) in [5.41, 5.74) is 0. The van der Waals surface area contributed by atoms with Gasteiger partial charge in [0.1, 0.15) is 0 Å². The van der Waals surface area contributed by atoms with Crippen LogP contribution in [0.2, 0.25) is 0 Å². The highest BCUT2D eigenvalue weighted by molar-refractivity contribution is 5.00. The Morgan fingerprint density at radius 3 is 3.00 bits per heavy atom. The Hall–Kier alpha value is -0.900. The first-order valence-corrected chi connectivity index (χ1v) is 4.07. The zero-order valence-corrected chi connectivity index (χ0v) is 6.97. The molecule has 0 spiro atoms. The van der Waals surface area contributed by atoms with Gasteiger partial charge in [0, 0.05) is 6.42 Å². The van der Waals surface area contributed by atoms with Crippen LogP contribution in [0.1, 0.15) is 26.2 Å². The first kappa shape index (κ1) is 8.20. The molecule has 1 saturated carbocycles. The van der Waals surface area contributed by atoms with Gasteiger partial charge in [0.05, 0.1) is 12.4 Å². The van der Waals surface area contributed by atoms with Gasteiger partial charge in [-0.05, 0) is 31.8 Å².